The number of nitrogens with one attached hydrogen (secondary N) is 1. The molecule has 0 spiro atoms. The Morgan fingerprint density at radius 2 is 1.79 bits per heavy atom. The number of hydrogen-bond acceptors (Lipinski definition) is 7. The molecule has 4 heterocycles. The Kier molecular flexibility index (Phi) is 9.68. The van der Waals surface area contributed by atoms with E-state index in [1.807, 2.05) is 42.5 Å². The average molecular weight is 645 g/mol. The molecule has 13 heteroatoms. The number of furan rings is 1. The molecule has 3 aromatic heterocycles. The number of piperidine rings is 1. The van der Waals surface area contributed by atoms with Crippen molar-refractivity contribution in [2.45, 2.75) is 31.5 Å². The summed E-state index contributed by atoms with van der Waals surface area (Å²) in [5.74, 6) is 0.759. The third-order valence-electron chi connectivity index (χ3n) is 7.79. The van der Waals surface area contributed by atoms with Gasteiger partial charge in [0.1, 0.15) is 17.1 Å². The van der Waals surface area contributed by atoms with Crippen molar-refractivity contribution >= 4 is 53.3 Å². The summed E-state index contributed by atoms with van der Waals surface area (Å²) < 4.78 is 8.55. The zero-order chi connectivity index (χ0) is 28.7. The van der Waals surface area contributed by atoms with E-state index in [2.05, 4.69) is 15.0 Å². The van der Waals surface area contributed by atoms with Crippen molar-refractivity contribution in [3.05, 3.63) is 93.7 Å². The Hall–Kier alpha value is -3.67. The molecule has 0 bridgehead atoms. The fourth-order valence-corrected chi connectivity index (χ4v) is 5.69. The van der Waals surface area contributed by atoms with Gasteiger partial charge in [0.25, 0.3) is 5.56 Å². The summed E-state index contributed by atoms with van der Waals surface area (Å²) in [6.45, 7) is 2.15. The minimum absolute atomic E-state index is 0. The Morgan fingerprint density at radius 1 is 1.09 bits per heavy atom. The second kappa shape index (κ2) is 12.9. The molecule has 0 amide bonds. The number of aryl methyl sites for hydroxylation is 1. The van der Waals surface area contributed by atoms with Gasteiger partial charge < -0.3 is 15.3 Å². The molecular formula is C30H32Cl3N7O3. The number of amidine groups is 1. The van der Waals surface area contributed by atoms with Crippen LogP contribution < -0.4 is 11.3 Å². The standard InChI is InChI=1S/C30H30ClN7O3.2ClH/c1-36-27(19-4-6-20(7-5-19)28(32)33)25-26(35-36)29(39)38(18-34-25)17-30(40)10-12-37(13-11-30)16-22-9-8-21(15-23(22)31)24-3-2-14-41-24;;/h2-9,14-15,18,40H,10-13,16-17H2,1H3,(H3,32,33);2*1H. The maximum atomic E-state index is 13.4. The molecule has 0 saturated carbocycles. The minimum atomic E-state index is -1.04. The molecule has 0 unspecified atom stereocenters. The van der Waals surface area contributed by atoms with Crippen LogP contribution in [0.1, 0.15) is 24.0 Å². The van der Waals surface area contributed by atoms with Crippen LogP contribution in [0.25, 0.3) is 33.6 Å². The number of likely N-dealkylation sites (tertiary alicyclic amines) is 1. The number of nitrogens with zero attached hydrogens (tertiary/aromatic N) is 5. The summed E-state index contributed by atoms with van der Waals surface area (Å²) in [6, 6.07) is 16.8. The number of halogens is 3. The molecule has 1 saturated heterocycles. The van der Waals surface area contributed by atoms with Gasteiger partial charge in [-0.3, -0.25) is 24.4 Å². The van der Waals surface area contributed by atoms with E-state index in [9.17, 15) is 9.90 Å². The normalized spacial score (nSPS) is 14.7. The zero-order valence-electron chi connectivity index (χ0n) is 23.4. The van der Waals surface area contributed by atoms with Gasteiger partial charge in [-0.1, -0.05) is 48.0 Å². The molecule has 1 fully saturated rings. The van der Waals surface area contributed by atoms with Crippen LogP contribution in [0.15, 0.2) is 76.4 Å². The quantitative estimate of drug-likeness (QED) is 0.170. The van der Waals surface area contributed by atoms with E-state index >= 15 is 0 Å². The van der Waals surface area contributed by atoms with Crippen molar-refractivity contribution in [1.29, 1.82) is 5.41 Å². The van der Waals surface area contributed by atoms with Crippen molar-refractivity contribution in [2.75, 3.05) is 13.1 Å². The van der Waals surface area contributed by atoms with Crippen LogP contribution in [-0.2, 0) is 20.1 Å². The van der Waals surface area contributed by atoms with E-state index in [0.717, 1.165) is 22.5 Å². The lowest BCUT2D eigenvalue weighted by molar-refractivity contribution is -0.0364. The average Bonchev–Trinajstić information content (AvgIpc) is 3.61. The summed E-state index contributed by atoms with van der Waals surface area (Å²) in [4.78, 5) is 20.2. The van der Waals surface area contributed by atoms with Crippen LogP contribution >= 0.6 is 36.4 Å². The third-order valence-corrected chi connectivity index (χ3v) is 8.14. The highest BCUT2D eigenvalue weighted by molar-refractivity contribution is 6.31. The summed E-state index contributed by atoms with van der Waals surface area (Å²) in [5, 5.41) is 24.1. The summed E-state index contributed by atoms with van der Waals surface area (Å²) in [5.41, 5.74) is 9.03. The first kappa shape index (κ1) is 32.2. The molecule has 43 heavy (non-hydrogen) atoms. The van der Waals surface area contributed by atoms with E-state index < -0.39 is 5.60 Å². The van der Waals surface area contributed by atoms with E-state index in [4.69, 9.17) is 27.2 Å². The smallest absolute Gasteiger partial charge is 0.281 e. The molecule has 0 radical (unpaired) electrons. The van der Waals surface area contributed by atoms with Gasteiger partial charge in [0.05, 0.1) is 30.4 Å². The van der Waals surface area contributed by atoms with Crippen LogP contribution in [0.2, 0.25) is 5.02 Å². The van der Waals surface area contributed by atoms with Crippen LogP contribution in [-0.4, -0.2) is 53.9 Å². The highest BCUT2D eigenvalue weighted by Gasteiger charge is 2.33. The van der Waals surface area contributed by atoms with Crippen LogP contribution in [0, 0.1) is 5.41 Å². The highest BCUT2D eigenvalue weighted by Crippen LogP contribution is 2.30. The number of hydrogen-bond donors (Lipinski definition) is 3. The Labute approximate surface area is 265 Å². The SMILES string of the molecule is Cl.Cl.Cn1nc2c(=O)n(CC3(O)CCN(Cc4ccc(-c5ccco5)cc4Cl)CC3)cnc2c1-c1ccc(C(=N)N)cc1. The molecule has 0 atom stereocenters. The number of aromatic nitrogens is 4. The summed E-state index contributed by atoms with van der Waals surface area (Å²) >= 11 is 6.58. The van der Waals surface area contributed by atoms with Crippen LogP contribution in [0.4, 0.5) is 0 Å². The maximum absolute atomic E-state index is 13.4. The molecule has 1 aliphatic heterocycles. The molecule has 226 valence electrons. The van der Waals surface area contributed by atoms with Crippen molar-refractivity contribution < 1.29 is 9.52 Å². The minimum Gasteiger partial charge on any atom is -0.464 e. The predicted molar refractivity (Wildman–Crippen MR) is 172 cm³/mol. The Morgan fingerprint density at radius 3 is 2.42 bits per heavy atom. The number of rotatable bonds is 7. The lowest BCUT2D eigenvalue weighted by atomic mass is 9.91. The van der Waals surface area contributed by atoms with Crippen molar-refractivity contribution in [2.24, 2.45) is 12.8 Å². The lowest BCUT2D eigenvalue weighted by Gasteiger charge is -2.38. The van der Waals surface area contributed by atoms with Crippen molar-refractivity contribution in [1.82, 2.24) is 24.2 Å². The van der Waals surface area contributed by atoms with E-state index in [0.29, 0.717) is 54.3 Å². The van der Waals surface area contributed by atoms with E-state index in [1.54, 1.807) is 30.1 Å². The fourth-order valence-electron chi connectivity index (χ4n) is 5.45. The molecule has 1 aliphatic rings. The number of benzene rings is 2. The molecule has 10 nitrogen and oxygen atoms in total. The lowest BCUT2D eigenvalue weighted by Crippen LogP contribution is -2.47. The topological polar surface area (TPSA) is 139 Å². The molecule has 4 N–H and O–H groups in total. The monoisotopic (exact) mass is 643 g/mol. The van der Waals surface area contributed by atoms with Crippen molar-refractivity contribution in [3.8, 4) is 22.6 Å². The van der Waals surface area contributed by atoms with Crippen molar-refractivity contribution in [3.63, 3.8) is 0 Å². The fraction of sp³-hybridized carbons (Fsp3) is 0.267. The van der Waals surface area contributed by atoms with Crippen LogP contribution in [0.5, 0.6) is 0 Å². The van der Waals surface area contributed by atoms with Gasteiger partial charge in [0.2, 0.25) is 0 Å². The third kappa shape index (κ3) is 6.48. The molecule has 6 rings (SSSR count). The van der Waals surface area contributed by atoms with Gasteiger partial charge in [-0.15, -0.1) is 24.8 Å². The first-order valence-corrected chi connectivity index (χ1v) is 13.7. The van der Waals surface area contributed by atoms with Gasteiger partial charge in [-0.2, -0.15) is 5.10 Å². The molecular weight excluding hydrogens is 613 g/mol. The molecule has 0 aliphatic carbocycles. The number of aliphatic hydroxyl groups is 1. The number of nitrogens with two attached hydrogens (primary N) is 1. The summed E-state index contributed by atoms with van der Waals surface area (Å²) in [6.07, 6.45) is 4.15. The summed E-state index contributed by atoms with van der Waals surface area (Å²) in [7, 11) is 1.76. The molecule has 2 aromatic carbocycles. The van der Waals surface area contributed by atoms with Gasteiger partial charge in [0, 0.05) is 48.4 Å². The first-order valence-electron chi connectivity index (χ1n) is 13.3. The number of nitrogen functional groups attached to an aromatic ring is 1. The largest absolute Gasteiger partial charge is 0.464 e. The van der Waals surface area contributed by atoms with Crippen LogP contribution in [0.3, 0.4) is 0 Å². The molecule has 5 aromatic rings. The maximum Gasteiger partial charge on any atom is 0.281 e. The number of fused-ring (bicyclic) bond motifs is 1. The highest BCUT2D eigenvalue weighted by atomic mass is 35.5. The van der Waals surface area contributed by atoms with Gasteiger partial charge >= 0.3 is 0 Å². The predicted octanol–water partition coefficient (Wildman–Crippen LogP) is 4.87. The van der Waals surface area contributed by atoms with Gasteiger partial charge in [-0.05, 0) is 36.6 Å². The Balaban J connectivity index is 0.00000212. The van der Waals surface area contributed by atoms with Gasteiger partial charge in [0.15, 0.2) is 5.52 Å². The zero-order valence-corrected chi connectivity index (χ0v) is 25.8. The Bertz CT molecular complexity index is 1790. The second-order valence-electron chi connectivity index (χ2n) is 10.6. The van der Waals surface area contributed by atoms with E-state index in [1.165, 1.54) is 10.9 Å². The first-order chi connectivity index (χ1) is 19.7. The van der Waals surface area contributed by atoms with Gasteiger partial charge in [-0.25, -0.2) is 4.98 Å². The second-order valence-corrected chi connectivity index (χ2v) is 11.0. The van der Waals surface area contributed by atoms with E-state index in [-0.39, 0.29) is 48.3 Å².